The maximum absolute atomic E-state index is 5.25. The van der Waals surface area contributed by atoms with Crippen LogP contribution in [0.15, 0.2) is 53.6 Å². The van der Waals surface area contributed by atoms with Gasteiger partial charge in [0.15, 0.2) is 11.4 Å². The van der Waals surface area contributed by atoms with Crippen molar-refractivity contribution in [2.24, 2.45) is 5.11 Å². The summed E-state index contributed by atoms with van der Waals surface area (Å²) < 4.78 is 5.20. The minimum absolute atomic E-state index is 0.631. The van der Waals surface area contributed by atoms with E-state index in [4.69, 9.17) is 10.3 Å². The van der Waals surface area contributed by atoms with Gasteiger partial charge in [-0.3, -0.25) is 0 Å². The molecule has 4 heteroatoms. The molecule has 3 N–H and O–H groups in total. The maximum atomic E-state index is 5.25. The zero-order valence-electron chi connectivity index (χ0n) is 9.55. The first-order valence-electron chi connectivity index (χ1n) is 5.24. The van der Waals surface area contributed by atoms with E-state index in [1.807, 2.05) is 48.5 Å². The molecule has 2 aromatic carbocycles. The van der Waals surface area contributed by atoms with E-state index in [9.17, 15) is 0 Å². The van der Waals surface area contributed by atoms with Crippen LogP contribution in [-0.2, 0) is 0 Å². The Balaban J connectivity index is 2.25. The van der Waals surface area contributed by atoms with E-state index in [1.54, 1.807) is 7.11 Å². The highest BCUT2D eigenvalue weighted by Gasteiger charge is 2.05. The Bertz CT molecular complexity index is 511. The molecule has 17 heavy (non-hydrogen) atoms. The van der Waals surface area contributed by atoms with Crippen LogP contribution in [0, 0.1) is 0 Å². The van der Waals surface area contributed by atoms with Crippen LogP contribution in [0.25, 0.3) is 0 Å². The fourth-order valence-corrected chi connectivity index (χ4v) is 1.55. The molecule has 0 amide bonds. The van der Waals surface area contributed by atoms with Crippen molar-refractivity contribution in [3.05, 3.63) is 48.5 Å². The molecule has 0 aliphatic carbocycles. The largest absolute Gasteiger partial charge is 0.494 e. The van der Waals surface area contributed by atoms with Crippen LogP contribution in [0.4, 0.5) is 17.1 Å². The fourth-order valence-electron chi connectivity index (χ4n) is 1.55. The molecule has 0 aliphatic heterocycles. The molecule has 0 fully saturated rings. The zero-order valence-corrected chi connectivity index (χ0v) is 9.55. The third kappa shape index (κ3) is 2.60. The number of methoxy groups -OCH3 is 1. The van der Waals surface area contributed by atoms with Crippen molar-refractivity contribution < 1.29 is 10.3 Å². The summed E-state index contributed by atoms with van der Waals surface area (Å²) in [5.41, 5.74) is 7.84. The van der Waals surface area contributed by atoms with Crippen molar-refractivity contribution in [1.82, 2.24) is 0 Å². The summed E-state index contributed by atoms with van der Waals surface area (Å²) in [6.07, 6.45) is 0. The topological polar surface area (TPSA) is 59.2 Å². The standard InChI is InChI=1S/C13H13N3O/c1-17-13-9-11(7-8-12(13)16-14)15-10-5-3-2-4-6-10/h2-9,14-15H,1H3/p+1. The predicted octanol–water partition coefficient (Wildman–Crippen LogP) is 2.28. The minimum atomic E-state index is 0.631. The Morgan fingerprint density at radius 1 is 1.06 bits per heavy atom. The molecule has 0 unspecified atom stereocenters. The molecule has 0 atom stereocenters. The first-order chi connectivity index (χ1) is 8.33. The summed E-state index contributed by atoms with van der Waals surface area (Å²) in [4.78, 5) is 0. The average molecular weight is 228 g/mol. The third-order valence-corrected chi connectivity index (χ3v) is 2.38. The summed E-state index contributed by atoms with van der Waals surface area (Å²) >= 11 is 0. The monoisotopic (exact) mass is 228 g/mol. The van der Waals surface area contributed by atoms with Crippen LogP contribution in [-0.4, -0.2) is 7.11 Å². The summed E-state index contributed by atoms with van der Waals surface area (Å²) in [7, 11) is 1.59. The van der Waals surface area contributed by atoms with Gasteiger partial charge in [0.1, 0.15) is 0 Å². The molecule has 4 nitrogen and oxygen atoms in total. The van der Waals surface area contributed by atoms with Gasteiger partial charge in [-0.05, 0) is 29.4 Å². The summed E-state index contributed by atoms with van der Waals surface area (Å²) in [6, 6.07) is 15.5. The van der Waals surface area contributed by atoms with Gasteiger partial charge in [0, 0.05) is 17.4 Å². The van der Waals surface area contributed by atoms with E-state index in [2.05, 4.69) is 10.4 Å². The van der Waals surface area contributed by atoms with Crippen LogP contribution in [0.5, 0.6) is 5.75 Å². The lowest BCUT2D eigenvalue weighted by atomic mass is 10.2. The Morgan fingerprint density at radius 2 is 1.82 bits per heavy atom. The Hall–Kier alpha value is -2.36. The molecular weight excluding hydrogens is 214 g/mol. The molecular formula is C13H14N3O+. The van der Waals surface area contributed by atoms with Gasteiger partial charge in [-0.2, -0.15) is 5.53 Å². The molecule has 0 heterocycles. The van der Waals surface area contributed by atoms with Crippen LogP contribution in [0.2, 0.25) is 0 Å². The van der Waals surface area contributed by atoms with Gasteiger partial charge >= 0.3 is 0 Å². The van der Waals surface area contributed by atoms with E-state index in [0.29, 0.717) is 11.4 Å². The van der Waals surface area contributed by atoms with Crippen LogP contribution >= 0.6 is 0 Å². The highest BCUT2D eigenvalue weighted by Crippen LogP contribution is 2.30. The third-order valence-electron chi connectivity index (χ3n) is 2.38. The van der Waals surface area contributed by atoms with Crippen LogP contribution in [0.3, 0.4) is 0 Å². The number of benzene rings is 2. The molecule has 2 aromatic rings. The van der Waals surface area contributed by atoms with E-state index in [1.165, 1.54) is 0 Å². The van der Waals surface area contributed by atoms with Gasteiger partial charge in [0.25, 0.3) is 0 Å². The SMILES string of the molecule is COc1cc(Nc2ccccc2)ccc1N=[NH2+]. The van der Waals surface area contributed by atoms with Crippen molar-refractivity contribution in [2.45, 2.75) is 0 Å². The smallest absolute Gasteiger partial charge is 0.171 e. The number of hydrogen-bond acceptors (Lipinski definition) is 3. The van der Waals surface area contributed by atoms with Crippen molar-refractivity contribution >= 4 is 17.1 Å². The quantitative estimate of drug-likeness (QED) is 0.789. The highest BCUT2D eigenvalue weighted by atomic mass is 16.5. The summed E-state index contributed by atoms with van der Waals surface area (Å²) in [6.45, 7) is 0. The minimum Gasteiger partial charge on any atom is -0.494 e. The Kier molecular flexibility index (Phi) is 3.35. The first-order valence-corrected chi connectivity index (χ1v) is 5.24. The normalized spacial score (nSPS) is 9.71. The van der Waals surface area contributed by atoms with Gasteiger partial charge in [0.05, 0.1) is 7.11 Å². The predicted molar refractivity (Wildman–Crippen MR) is 66.7 cm³/mol. The number of nitrogens with zero attached hydrogens (tertiary/aromatic N) is 1. The van der Waals surface area contributed by atoms with Crippen molar-refractivity contribution in [2.75, 3.05) is 12.4 Å². The fraction of sp³-hybridized carbons (Fsp3) is 0.0769. The lowest BCUT2D eigenvalue weighted by molar-refractivity contribution is -0.210. The molecule has 0 bridgehead atoms. The molecule has 86 valence electrons. The Labute approximate surface area is 99.8 Å². The van der Waals surface area contributed by atoms with Crippen LogP contribution < -0.4 is 15.6 Å². The average Bonchev–Trinajstić information content (AvgIpc) is 2.40. The molecule has 0 aliphatic rings. The van der Waals surface area contributed by atoms with E-state index in [0.717, 1.165) is 11.4 Å². The van der Waals surface area contributed by atoms with Gasteiger partial charge in [-0.15, -0.1) is 0 Å². The lowest BCUT2D eigenvalue weighted by Gasteiger charge is -2.08. The van der Waals surface area contributed by atoms with Gasteiger partial charge < -0.3 is 10.1 Å². The summed E-state index contributed by atoms with van der Waals surface area (Å²) in [5.74, 6) is 0.647. The molecule has 0 radical (unpaired) electrons. The second-order valence-electron chi connectivity index (χ2n) is 3.51. The second-order valence-corrected chi connectivity index (χ2v) is 3.51. The van der Waals surface area contributed by atoms with E-state index in [-0.39, 0.29) is 0 Å². The number of hydrogen-bond donors (Lipinski definition) is 2. The second kappa shape index (κ2) is 5.12. The van der Waals surface area contributed by atoms with E-state index < -0.39 is 0 Å². The maximum Gasteiger partial charge on any atom is 0.171 e. The Morgan fingerprint density at radius 3 is 2.47 bits per heavy atom. The van der Waals surface area contributed by atoms with Crippen molar-refractivity contribution in [3.8, 4) is 5.75 Å². The molecule has 0 saturated heterocycles. The number of nitrogens with one attached hydrogen (secondary N) is 1. The number of rotatable bonds is 4. The molecule has 2 rings (SSSR count). The number of anilines is 2. The molecule has 0 spiro atoms. The number of para-hydroxylation sites is 1. The van der Waals surface area contributed by atoms with Gasteiger partial charge in [-0.25, -0.2) is 0 Å². The highest BCUT2D eigenvalue weighted by molar-refractivity contribution is 5.66. The van der Waals surface area contributed by atoms with Crippen LogP contribution in [0.1, 0.15) is 0 Å². The van der Waals surface area contributed by atoms with Gasteiger partial charge in [-0.1, -0.05) is 18.2 Å². The zero-order chi connectivity index (χ0) is 12.1. The van der Waals surface area contributed by atoms with Crippen molar-refractivity contribution in [1.29, 1.82) is 0 Å². The lowest BCUT2D eigenvalue weighted by Crippen LogP contribution is -2.22. The van der Waals surface area contributed by atoms with E-state index >= 15 is 0 Å². The van der Waals surface area contributed by atoms with Crippen molar-refractivity contribution in [3.63, 3.8) is 0 Å². The molecule has 0 aromatic heterocycles. The number of nitrogens with two attached hydrogens (primary N) is 1. The first kappa shape index (κ1) is 11.1. The number of ether oxygens (including phenoxy) is 1. The molecule has 0 saturated carbocycles. The summed E-state index contributed by atoms with van der Waals surface area (Å²) in [5, 5.41) is 6.90. The van der Waals surface area contributed by atoms with Gasteiger partial charge in [0.2, 0.25) is 0 Å².